The molecule has 0 saturated heterocycles. The van der Waals surface area contributed by atoms with Crippen LogP contribution < -0.4 is 37.9 Å². The average Bonchev–Trinajstić information content (AvgIpc) is 4.28. The molecular weight excluding hydrogens is 1120 g/mol. The number of benzene rings is 6. The van der Waals surface area contributed by atoms with Crippen molar-refractivity contribution in [3.05, 3.63) is 145 Å². The second-order valence-electron chi connectivity index (χ2n) is 21.2. The molecule has 0 spiro atoms. The third-order valence-corrected chi connectivity index (χ3v) is 16.6. The van der Waals surface area contributed by atoms with Crippen molar-refractivity contribution < 1.29 is 47.5 Å². The van der Waals surface area contributed by atoms with Gasteiger partial charge >= 0.3 is 11.9 Å². The molecule has 14 nitrogen and oxygen atoms in total. The number of ether oxygens (including phenoxy) is 8. The standard InChI is InChI=1S/C70H82N4O10S2/c1-5-7-9-11-13-15-17-21-45-79-59-41-43-61(69(75)83-57-37-29-53(30-38-57)67-73-71-65(85-67)51-25-33-55(77-3)34-26-51)63(49-59)81-47-23-19-20-24-48-82-64-50-60(80-46-22-18-16-14-12-10-8-6-2)42-44-62(64)70(76)84-58-39-31-54(32-40-58)68-74-72-66(86-68)52-27-35-56(78-4)36-28-52/h25-44,49-50H,5-24,45-48H2,1-4H3. The van der Waals surface area contributed by atoms with Crippen LogP contribution in [0.4, 0.5) is 0 Å². The molecule has 0 N–H and O–H groups in total. The zero-order chi connectivity index (χ0) is 60.0. The minimum Gasteiger partial charge on any atom is -0.497 e. The molecule has 0 saturated carbocycles. The van der Waals surface area contributed by atoms with Crippen molar-refractivity contribution >= 4 is 34.6 Å². The number of carbonyl (C=O) groups is 2. The van der Waals surface area contributed by atoms with Crippen LogP contribution in [0.15, 0.2) is 133 Å². The van der Waals surface area contributed by atoms with Crippen molar-refractivity contribution in [2.45, 2.75) is 142 Å². The third-order valence-electron chi connectivity index (χ3n) is 14.6. The second-order valence-corrected chi connectivity index (χ2v) is 23.1. The highest BCUT2D eigenvalue weighted by atomic mass is 32.1. The van der Waals surface area contributed by atoms with E-state index in [9.17, 15) is 9.59 Å². The Balaban J connectivity index is 0.846. The summed E-state index contributed by atoms with van der Waals surface area (Å²) in [7, 11) is 3.28. The van der Waals surface area contributed by atoms with Gasteiger partial charge in [0, 0.05) is 34.4 Å². The molecule has 0 aliphatic carbocycles. The fourth-order valence-corrected chi connectivity index (χ4v) is 11.3. The van der Waals surface area contributed by atoms with Gasteiger partial charge < -0.3 is 37.9 Å². The van der Waals surface area contributed by atoms with Crippen molar-refractivity contribution in [3.8, 4) is 88.3 Å². The second kappa shape index (κ2) is 35.6. The zero-order valence-electron chi connectivity index (χ0n) is 50.4. The molecule has 0 aliphatic rings. The number of aromatic nitrogens is 4. The maximum absolute atomic E-state index is 13.8. The van der Waals surface area contributed by atoms with Crippen LogP contribution in [0.25, 0.3) is 42.3 Å². The molecule has 0 unspecified atom stereocenters. The SMILES string of the molecule is CCCCCCCCCCOc1ccc(C(=O)Oc2ccc(-c3nnc(-c4ccc(OC)cc4)s3)cc2)c(OCCCCCCOc2cc(OCCCCCCCCCC)ccc2C(=O)Oc2ccc(-c3nnc(-c4ccc(OC)cc4)s3)cc2)c1. The van der Waals surface area contributed by atoms with Crippen LogP contribution in [0.3, 0.4) is 0 Å². The summed E-state index contributed by atoms with van der Waals surface area (Å²) in [6.45, 7) is 6.39. The van der Waals surface area contributed by atoms with Crippen LogP contribution in [0.5, 0.6) is 46.0 Å². The molecule has 0 bridgehead atoms. The van der Waals surface area contributed by atoms with Crippen LogP contribution >= 0.6 is 22.7 Å². The smallest absolute Gasteiger partial charge is 0.347 e. The normalized spacial score (nSPS) is 11.1. The highest BCUT2D eigenvalue weighted by molar-refractivity contribution is 7.18. The molecule has 0 atom stereocenters. The van der Waals surface area contributed by atoms with Gasteiger partial charge in [0.25, 0.3) is 0 Å². The van der Waals surface area contributed by atoms with Crippen molar-refractivity contribution in [2.75, 3.05) is 40.6 Å². The lowest BCUT2D eigenvalue weighted by Gasteiger charge is -2.15. The van der Waals surface area contributed by atoms with Gasteiger partial charge in [-0.1, -0.05) is 126 Å². The summed E-state index contributed by atoms with van der Waals surface area (Å²) in [5.41, 5.74) is 4.22. The van der Waals surface area contributed by atoms with Gasteiger partial charge in [-0.15, -0.1) is 20.4 Å². The highest BCUT2D eigenvalue weighted by Gasteiger charge is 2.20. The van der Waals surface area contributed by atoms with Gasteiger partial charge in [-0.3, -0.25) is 0 Å². The van der Waals surface area contributed by atoms with Crippen LogP contribution in [0, 0.1) is 0 Å². The van der Waals surface area contributed by atoms with Crippen molar-refractivity contribution in [2.24, 2.45) is 0 Å². The predicted octanol–water partition coefficient (Wildman–Crippen LogP) is 18.6. The number of rotatable bonds is 39. The first-order chi connectivity index (χ1) is 42.3. The quantitative estimate of drug-likeness (QED) is 0.0203. The van der Waals surface area contributed by atoms with Crippen molar-refractivity contribution in [3.63, 3.8) is 0 Å². The van der Waals surface area contributed by atoms with E-state index in [0.29, 0.717) is 72.1 Å². The van der Waals surface area contributed by atoms with Gasteiger partial charge in [0.15, 0.2) is 0 Å². The third kappa shape index (κ3) is 20.4. The van der Waals surface area contributed by atoms with Crippen LogP contribution in [-0.4, -0.2) is 73.0 Å². The number of nitrogens with zero attached hydrogens (tertiary/aromatic N) is 4. The zero-order valence-corrected chi connectivity index (χ0v) is 52.0. The number of unbranched alkanes of at least 4 members (excludes halogenated alkanes) is 17. The molecule has 8 rings (SSSR count). The first kappa shape index (κ1) is 64.2. The summed E-state index contributed by atoms with van der Waals surface area (Å²) in [6.07, 6.45) is 22.4. The van der Waals surface area contributed by atoms with Crippen LogP contribution in [0.1, 0.15) is 163 Å². The number of hydrogen-bond acceptors (Lipinski definition) is 16. The summed E-state index contributed by atoms with van der Waals surface area (Å²) in [5, 5.41) is 20.7. The molecule has 2 aromatic heterocycles. The van der Waals surface area contributed by atoms with Gasteiger partial charge in [0.05, 0.1) is 40.6 Å². The molecule has 2 heterocycles. The van der Waals surface area contributed by atoms with Crippen molar-refractivity contribution in [1.82, 2.24) is 20.4 Å². The van der Waals surface area contributed by atoms with E-state index in [1.807, 2.05) is 72.8 Å². The van der Waals surface area contributed by atoms with Gasteiger partial charge in [-0.05, 0) is 160 Å². The number of methoxy groups -OCH3 is 2. The topological polar surface area (TPSA) is 160 Å². The van der Waals surface area contributed by atoms with Crippen LogP contribution in [-0.2, 0) is 0 Å². The van der Waals surface area contributed by atoms with Crippen LogP contribution in [0.2, 0.25) is 0 Å². The summed E-state index contributed by atoms with van der Waals surface area (Å²) >= 11 is 2.95. The van der Waals surface area contributed by atoms with E-state index < -0.39 is 11.9 Å². The first-order valence-electron chi connectivity index (χ1n) is 30.7. The van der Waals surface area contributed by atoms with Gasteiger partial charge in [-0.25, -0.2) is 9.59 Å². The largest absolute Gasteiger partial charge is 0.497 e. The maximum atomic E-state index is 13.8. The Hall–Kier alpha value is -7.82. The molecule has 6 aromatic carbocycles. The number of hydrogen-bond donors (Lipinski definition) is 0. The van der Waals surface area contributed by atoms with Gasteiger partial charge in [-0.2, -0.15) is 0 Å². The van der Waals surface area contributed by atoms with E-state index in [4.69, 9.17) is 37.9 Å². The van der Waals surface area contributed by atoms with E-state index >= 15 is 0 Å². The molecule has 0 amide bonds. The fourth-order valence-electron chi connectivity index (χ4n) is 9.57. The summed E-state index contributed by atoms with van der Waals surface area (Å²) < 4.78 is 47.5. The maximum Gasteiger partial charge on any atom is 0.347 e. The molecule has 454 valence electrons. The van der Waals surface area contributed by atoms with Crippen molar-refractivity contribution in [1.29, 1.82) is 0 Å². The Morgan fingerprint density at radius 2 is 0.593 bits per heavy atom. The molecule has 86 heavy (non-hydrogen) atoms. The lowest BCUT2D eigenvalue weighted by atomic mass is 10.1. The Bertz CT molecular complexity index is 3060. The lowest BCUT2D eigenvalue weighted by Crippen LogP contribution is -2.12. The Morgan fingerprint density at radius 1 is 0.326 bits per heavy atom. The summed E-state index contributed by atoms with van der Waals surface area (Å²) in [4.78, 5) is 27.7. The molecule has 0 radical (unpaired) electrons. The average molecular weight is 1200 g/mol. The predicted molar refractivity (Wildman–Crippen MR) is 343 cm³/mol. The number of esters is 2. The Morgan fingerprint density at radius 3 is 0.895 bits per heavy atom. The Labute approximate surface area is 515 Å². The van der Waals surface area contributed by atoms with Gasteiger partial charge in [0.2, 0.25) is 0 Å². The number of carbonyl (C=O) groups excluding carboxylic acids is 2. The monoisotopic (exact) mass is 1200 g/mol. The fraction of sp³-hybridized carbons (Fsp3) is 0.400. The van der Waals surface area contributed by atoms with Gasteiger partial charge in [0.1, 0.15) is 77.2 Å². The van der Waals surface area contributed by atoms with E-state index in [1.165, 1.54) is 99.7 Å². The molecule has 0 fully saturated rings. The molecule has 8 aromatic rings. The minimum absolute atomic E-state index is 0.304. The summed E-state index contributed by atoms with van der Waals surface area (Å²) in [6, 6.07) is 40.5. The summed E-state index contributed by atoms with van der Waals surface area (Å²) in [5.74, 6) is 3.33. The molecule has 0 aliphatic heterocycles. The minimum atomic E-state index is -0.536. The van der Waals surface area contributed by atoms with E-state index in [1.54, 1.807) is 74.9 Å². The Kier molecular flexibility index (Phi) is 26.6. The highest BCUT2D eigenvalue weighted by Crippen LogP contribution is 2.35. The van der Waals surface area contributed by atoms with E-state index in [2.05, 4.69) is 34.2 Å². The van der Waals surface area contributed by atoms with E-state index in [-0.39, 0.29) is 0 Å². The first-order valence-corrected chi connectivity index (χ1v) is 32.3. The van der Waals surface area contributed by atoms with E-state index in [0.717, 1.165) is 105 Å². The molecule has 16 heteroatoms. The molecular formula is C70H82N4O10S2. The lowest BCUT2D eigenvalue weighted by molar-refractivity contribution is 0.0719.